The second kappa shape index (κ2) is 9.99. The Kier molecular flexibility index (Phi) is 6.64. The molecule has 0 N–H and O–H groups in total. The van der Waals surface area contributed by atoms with E-state index in [4.69, 9.17) is 9.84 Å². The van der Waals surface area contributed by atoms with Gasteiger partial charge in [0.05, 0.1) is 28.0 Å². The van der Waals surface area contributed by atoms with E-state index in [1.165, 1.54) is 11.8 Å². The van der Waals surface area contributed by atoms with Crippen LogP contribution in [-0.4, -0.2) is 51.4 Å². The van der Waals surface area contributed by atoms with Crippen molar-refractivity contribution in [2.24, 2.45) is 10.9 Å². The first-order valence-electron chi connectivity index (χ1n) is 11.3. The number of hydrogen-bond acceptors (Lipinski definition) is 7. The Labute approximate surface area is 206 Å². The number of carbonyl (C=O) groups is 2. The second-order valence-corrected chi connectivity index (χ2v) is 9.97. The number of carbonyl (C=O) groups excluding carboxylic acids is 2. The molecule has 1 amide bonds. The van der Waals surface area contributed by atoms with Crippen molar-refractivity contribution in [3.05, 3.63) is 64.5 Å². The number of amides is 1. The molecule has 0 aliphatic carbocycles. The number of thioether (sulfide) groups is 1. The van der Waals surface area contributed by atoms with E-state index in [-0.39, 0.29) is 17.8 Å². The van der Waals surface area contributed by atoms with E-state index in [2.05, 4.69) is 9.89 Å². The van der Waals surface area contributed by atoms with Crippen LogP contribution in [0.3, 0.4) is 0 Å². The number of ether oxygens (including phenoxy) is 1. The Balaban J connectivity index is 1.35. The van der Waals surface area contributed by atoms with Crippen LogP contribution in [0.25, 0.3) is 22.3 Å². The van der Waals surface area contributed by atoms with E-state index >= 15 is 0 Å². The quantitative estimate of drug-likeness (QED) is 0.375. The second-order valence-electron chi connectivity index (χ2n) is 8.01. The van der Waals surface area contributed by atoms with Crippen LogP contribution >= 0.6 is 23.1 Å². The summed E-state index contributed by atoms with van der Waals surface area (Å²) in [6, 6.07) is 13.9. The zero-order valence-electron chi connectivity index (χ0n) is 18.7. The summed E-state index contributed by atoms with van der Waals surface area (Å²) in [5.74, 6) is -0.445. The fourth-order valence-corrected chi connectivity index (χ4v) is 5.74. The highest BCUT2D eigenvalue weighted by atomic mass is 32.2. The number of rotatable bonds is 5. The standard InChI is InChI=1S/C25H24N4O3S2/c1-2-32-24(31)17-10-12-28(13-11-17)25-26-23(30)21(34-25)15-18-16-29(19-7-4-3-5-8-19)27-22(18)20-9-6-14-33-20/h3-9,14-17H,2,10-13H2,1H3/b21-15+. The van der Waals surface area contributed by atoms with E-state index < -0.39 is 0 Å². The number of benzene rings is 1. The predicted molar refractivity (Wildman–Crippen MR) is 136 cm³/mol. The number of aromatic nitrogens is 2. The molecule has 174 valence electrons. The monoisotopic (exact) mass is 492 g/mol. The van der Waals surface area contributed by atoms with Crippen LogP contribution in [0.1, 0.15) is 25.3 Å². The molecule has 9 heteroatoms. The number of para-hydroxylation sites is 1. The van der Waals surface area contributed by atoms with E-state index in [1.807, 2.05) is 71.7 Å². The van der Waals surface area contributed by atoms with Crippen LogP contribution in [0.15, 0.2) is 63.9 Å². The maximum atomic E-state index is 12.8. The van der Waals surface area contributed by atoms with Crippen molar-refractivity contribution in [2.45, 2.75) is 19.8 Å². The fraction of sp³-hybridized carbons (Fsp3) is 0.280. The zero-order valence-corrected chi connectivity index (χ0v) is 20.3. The Morgan fingerprint density at radius 3 is 2.68 bits per heavy atom. The lowest BCUT2D eigenvalue weighted by Crippen LogP contribution is -2.39. The topological polar surface area (TPSA) is 76.8 Å². The maximum absolute atomic E-state index is 12.8. The highest BCUT2D eigenvalue weighted by Gasteiger charge is 2.32. The Bertz CT molecular complexity index is 1240. The highest BCUT2D eigenvalue weighted by molar-refractivity contribution is 8.18. The third-order valence-electron chi connectivity index (χ3n) is 5.80. The molecule has 0 radical (unpaired) electrons. The van der Waals surface area contributed by atoms with Crippen LogP contribution in [0.2, 0.25) is 0 Å². The van der Waals surface area contributed by atoms with Crippen LogP contribution in [0, 0.1) is 5.92 Å². The number of likely N-dealkylation sites (tertiary alicyclic amines) is 1. The molecule has 0 saturated carbocycles. The Hall–Kier alpha value is -3.17. The van der Waals surface area contributed by atoms with Crippen molar-refractivity contribution >= 4 is 46.2 Å². The van der Waals surface area contributed by atoms with Gasteiger partial charge in [-0.25, -0.2) is 4.68 Å². The van der Waals surface area contributed by atoms with E-state index in [0.717, 1.165) is 21.8 Å². The average Bonchev–Trinajstić information content (AvgIpc) is 3.61. The van der Waals surface area contributed by atoms with Gasteiger partial charge in [-0.1, -0.05) is 24.3 Å². The molecule has 3 aromatic rings. The van der Waals surface area contributed by atoms with Crippen LogP contribution in [0.5, 0.6) is 0 Å². The van der Waals surface area contributed by atoms with Crippen LogP contribution in [-0.2, 0) is 14.3 Å². The number of nitrogens with zero attached hydrogens (tertiary/aromatic N) is 4. The first-order valence-corrected chi connectivity index (χ1v) is 12.9. The molecule has 0 atom stereocenters. The van der Waals surface area contributed by atoms with Crippen molar-refractivity contribution in [1.82, 2.24) is 14.7 Å². The molecule has 34 heavy (non-hydrogen) atoms. The number of piperidine rings is 1. The Morgan fingerprint density at radius 2 is 1.97 bits per heavy atom. The summed E-state index contributed by atoms with van der Waals surface area (Å²) in [6.45, 7) is 3.59. The van der Waals surface area contributed by atoms with Gasteiger partial charge in [-0.15, -0.1) is 11.3 Å². The molecular formula is C25H24N4O3S2. The SMILES string of the molecule is CCOC(=O)C1CCN(C2=NC(=O)/C(=C\c3cn(-c4ccccc4)nc3-c3cccs3)S2)CC1. The lowest BCUT2D eigenvalue weighted by atomic mass is 9.97. The van der Waals surface area contributed by atoms with E-state index in [1.54, 1.807) is 11.3 Å². The number of hydrogen-bond donors (Lipinski definition) is 0. The molecule has 2 aliphatic heterocycles. The number of amidine groups is 1. The van der Waals surface area contributed by atoms with Gasteiger partial charge in [0.25, 0.3) is 5.91 Å². The molecule has 2 aliphatic rings. The summed E-state index contributed by atoms with van der Waals surface area (Å²) < 4.78 is 7.00. The number of esters is 1. The molecule has 1 aromatic carbocycles. The smallest absolute Gasteiger partial charge is 0.309 e. The summed E-state index contributed by atoms with van der Waals surface area (Å²) in [7, 11) is 0. The van der Waals surface area contributed by atoms with Crippen molar-refractivity contribution in [3.8, 4) is 16.3 Å². The van der Waals surface area contributed by atoms with Gasteiger partial charge in [-0.2, -0.15) is 10.1 Å². The summed E-state index contributed by atoms with van der Waals surface area (Å²) >= 11 is 3.00. The minimum atomic E-state index is -0.239. The van der Waals surface area contributed by atoms with Gasteiger partial charge in [-0.05, 0) is 61.2 Å². The molecule has 4 heterocycles. The van der Waals surface area contributed by atoms with Gasteiger partial charge in [-0.3, -0.25) is 9.59 Å². The van der Waals surface area contributed by atoms with Crippen LogP contribution < -0.4 is 0 Å². The third kappa shape index (κ3) is 4.71. The minimum Gasteiger partial charge on any atom is -0.466 e. The van der Waals surface area contributed by atoms with Gasteiger partial charge in [0.1, 0.15) is 5.69 Å². The highest BCUT2D eigenvalue weighted by Crippen LogP contribution is 2.35. The first kappa shape index (κ1) is 22.6. The largest absolute Gasteiger partial charge is 0.466 e. The molecular weight excluding hydrogens is 468 g/mol. The normalized spacial score (nSPS) is 17.9. The Morgan fingerprint density at radius 1 is 1.18 bits per heavy atom. The fourth-order valence-electron chi connectivity index (χ4n) is 4.05. The predicted octanol–water partition coefficient (Wildman–Crippen LogP) is 4.85. The molecule has 1 saturated heterocycles. The molecule has 2 aromatic heterocycles. The van der Waals surface area contributed by atoms with Gasteiger partial charge in [0.2, 0.25) is 0 Å². The molecule has 1 fully saturated rings. The minimum absolute atomic E-state index is 0.0777. The summed E-state index contributed by atoms with van der Waals surface area (Å²) in [6.07, 6.45) is 5.25. The molecule has 0 bridgehead atoms. The van der Waals surface area contributed by atoms with E-state index in [0.29, 0.717) is 42.6 Å². The number of thiophene rings is 1. The van der Waals surface area contributed by atoms with Gasteiger partial charge in [0.15, 0.2) is 5.17 Å². The molecule has 0 unspecified atom stereocenters. The third-order valence-corrected chi connectivity index (χ3v) is 7.72. The zero-order chi connectivity index (χ0) is 23.5. The van der Waals surface area contributed by atoms with Gasteiger partial charge < -0.3 is 9.64 Å². The maximum Gasteiger partial charge on any atom is 0.309 e. The van der Waals surface area contributed by atoms with Crippen molar-refractivity contribution in [1.29, 1.82) is 0 Å². The molecule has 5 rings (SSSR count). The van der Waals surface area contributed by atoms with Gasteiger partial charge >= 0.3 is 5.97 Å². The number of aliphatic imine (C=N–C) groups is 1. The lowest BCUT2D eigenvalue weighted by Gasteiger charge is -2.31. The summed E-state index contributed by atoms with van der Waals surface area (Å²) in [5, 5.41) is 7.53. The summed E-state index contributed by atoms with van der Waals surface area (Å²) in [4.78, 5) is 32.8. The van der Waals surface area contributed by atoms with Crippen molar-refractivity contribution in [2.75, 3.05) is 19.7 Å². The summed E-state index contributed by atoms with van der Waals surface area (Å²) in [5.41, 5.74) is 2.67. The first-order chi connectivity index (χ1) is 16.6. The average molecular weight is 493 g/mol. The van der Waals surface area contributed by atoms with Crippen molar-refractivity contribution < 1.29 is 14.3 Å². The van der Waals surface area contributed by atoms with Crippen molar-refractivity contribution in [3.63, 3.8) is 0 Å². The van der Waals surface area contributed by atoms with Crippen LogP contribution in [0.4, 0.5) is 0 Å². The molecule has 0 spiro atoms. The lowest BCUT2D eigenvalue weighted by molar-refractivity contribution is -0.149. The van der Waals surface area contributed by atoms with Gasteiger partial charge in [0, 0.05) is 24.8 Å². The van der Waals surface area contributed by atoms with E-state index in [9.17, 15) is 9.59 Å². The molecule has 7 nitrogen and oxygen atoms in total.